The Bertz CT molecular complexity index is 2750. The van der Waals surface area contributed by atoms with Crippen molar-refractivity contribution in [2.24, 2.45) is 0 Å². The second-order valence-electron chi connectivity index (χ2n) is 14.0. The van der Waals surface area contributed by atoms with Crippen LogP contribution in [0, 0.1) is 13.8 Å². The third kappa shape index (κ3) is 16.3. The summed E-state index contributed by atoms with van der Waals surface area (Å²) >= 11 is 11.3. The summed E-state index contributed by atoms with van der Waals surface area (Å²) < 4.78 is 94.5. The number of nitrogens with zero attached hydrogens (tertiary/aromatic N) is 2. The molecular formula is C40H46Cl2N2O15S4. The molecular weight excluding hydrogens is 948 g/mol. The van der Waals surface area contributed by atoms with E-state index in [2.05, 4.69) is 9.64 Å². The fraction of sp³-hybridized carbons (Fsp3) is 0.300. The van der Waals surface area contributed by atoms with Crippen LogP contribution < -0.4 is 0 Å². The topological polar surface area (TPSA) is 261 Å². The number of piperazine rings is 1. The van der Waals surface area contributed by atoms with Crippen molar-refractivity contribution < 1.29 is 67.8 Å². The number of hydrogen-bond acceptors (Lipinski definition) is 14. The summed E-state index contributed by atoms with van der Waals surface area (Å²) in [6.45, 7) is 6.49. The van der Waals surface area contributed by atoms with Gasteiger partial charge in [0.15, 0.2) is 39.3 Å². The Kier molecular flexibility index (Phi) is 19.1. The van der Waals surface area contributed by atoms with Gasteiger partial charge >= 0.3 is 17.9 Å². The van der Waals surface area contributed by atoms with Gasteiger partial charge in [-0.15, -0.1) is 0 Å². The molecule has 17 nitrogen and oxygen atoms in total. The highest BCUT2D eigenvalue weighted by molar-refractivity contribution is 7.91. The minimum atomic E-state index is -3.40. The Morgan fingerprint density at radius 1 is 0.524 bits per heavy atom. The van der Waals surface area contributed by atoms with Crippen molar-refractivity contribution >= 4 is 86.4 Å². The number of amides is 1. The second-order valence-corrected chi connectivity index (χ2v) is 22.9. The molecule has 0 spiro atoms. The average molecular weight is 994 g/mol. The molecule has 1 aliphatic rings. The maximum atomic E-state index is 12.5. The third-order valence-corrected chi connectivity index (χ3v) is 14.0. The Balaban J connectivity index is 0.000000293. The number of ether oxygens (including phenoxy) is 1. The van der Waals surface area contributed by atoms with Crippen LogP contribution in [0.4, 0.5) is 0 Å². The van der Waals surface area contributed by atoms with Crippen molar-refractivity contribution in [1.29, 1.82) is 0 Å². The van der Waals surface area contributed by atoms with Crippen molar-refractivity contribution in [1.82, 2.24) is 9.80 Å². The lowest BCUT2D eigenvalue weighted by Crippen LogP contribution is -2.47. The number of esters is 1. The zero-order valence-corrected chi connectivity index (χ0v) is 40.0. The Morgan fingerprint density at radius 2 is 0.841 bits per heavy atom. The number of methoxy groups -OCH3 is 1. The summed E-state index contributed by atoms with van der Waals surface area (Å²) in [6.07, 6.45) is 4.25. The number of rotatable bonds is 8. The van der Waals surface area contributed by atoms with Gasteiger partial charge in [0.1, 0.15) is 0 Å². The van der Waals surface area contributed by atoms with Crippen LogP contribution in [0.15, 0.2) is 92.4 Å². The molecule has 4 aromatic carbocycles. The van der Waals surface area contributed by atoms with Gasteiger partial charge < -0.3 is 24.7 Å². The number of aromatic carboxylic acids is 2. The van der Waals surface area contributed by atoms with Crippen molar-refractivity contribution in [2.45, 2.75) is 33.4 Å². The Labute approximate surface area is 376 Å². The smallest absolute Gasteiger partial charge is 0.339 e. The lowest BCUT2D eigenvalue weighted by atomic mass is 10.1. The van der Waals surface area contributed by atoms with Gasteiger partial charge in [0, 0.05) is 56.8 Å². The second kappa shape index (κ2) is 22.1. The summed E-state index contributed by atoms with van der Waals surface area (Å²) in [4.78, 5) is 49.2. The first kappa shape index (κ1) is 54.2. The minimum absolute atomic E-state index is 0.0184. The standard InChI is InChI=1S/C14H20N2O3S.C9H9ClO4S.C9H10O4S.C8H7ClO4S/c1-11-4-5-12(20(3,18)19)10-13(11)14(17)16-8-6-15(2)7-9-16;1-14-9(11)7-5-6(15(2,12)13)3-4-8(7)10;1-6-3-4-7(14(2,12)13)5-8(6)9(10)11;1-14(12,13)5-2-3-7(9)6(4-5)8(10)11/h4-5,10H,6-9H2,1-3H3;3-5H,1-2H3;3-5H,1-2H3,(H,10,11);2-4H,1H3,(H,10,11). The monoisotopic (exact) mass is 992 g/mol. The fourth-order valence-corrected chi connectivity index (χ4v) is 8.19. The van der Waals surface area contributed by atoms with E-state index in [9.17, 15) is 52.8 Å². The number of likely N-dealkylation sites (N-methyl/N-ethyl adjacent to an activating group) is 1. The van der Waals surface area contributed by atoms with E-state index in [1.165, 1.54) is 61.7 Å². The quantitative estimate of drug-likeness (QED) is 0.224. The van der Waals surface area contributed by atoms with Crippen molar-refractivity contribution in [2.75, 3.05) is 65.4 Å². The Hall–Kier alpha value is -4.90. The first-order valence-corrected chi connectivity index (χ1v) is 26.2. The predicted molar refractivity (Wildman–Crippen MR) is 236 cm³/mol. The van der Waals surface area contributed by atoms with Gasteiger partial charge in [0.2, 0.25) is 0 Å². The molecule has 0 aliphatic carbocycles. The highest BCUT2D eigenvalue weighted by Gasteiger charge is 2.23. The number of benzene rings is 4. The first-order chi connectivity index (χ1) is 28.8. The molecule has 4 aromatic rings. The summed E-state index contributed by atoms with van der Waals surface area (Å²) in [7, 11) is -10.2. The van der Waals surface area contributed by atoms with E-state index in [4.69, 9.17) is 33.4 Å². The van der Waals surface area contributed by atoms with Gasteiger partial charge in [-0.3, -0.25) is 4.79 Å². The number of carboxylic acids is 2. The zero-order valence-electron chi connectivity index (χ0n) is 35.2. The molecule has 344 valence electrons. The van der Waals surface area contributed by atoms with Crippen LogP contribution in [0.3, 0.4) is 0 Å². The van der Waals surface area contributed by atoms with Gasteiger partial charge in [-0.2, -0.15) is 0 Å². The molecule has 1 heterocycles. The van der Waals surface area contributed by atoms with Gasteiger partial charge in [0.25, 0.3) is 5.91 Å². The van der Waals surface area contributed by atoms with E-state index in [-0.39, 0.29) is 52.2 Å². The lowest BCUT2D eigenvalue weighted by molar-refractivity contribution is 0.0598. The molecule has 5 rings (SSSR count). The number of carbonyl (C=O) groups excluding carboxylic acids is 2. The third-order valence-electron chi connectivity index (χ3n) is 8.89. The van der Waals surface area contributed by atoms with E-state index in [1.807, 2.05) is 14.0 Å². The van der Waals surface area contributed by atoms with Crippen LogP contribution in [-0.4, -0.2) is 143 Å². The van der Waals surface area contributed by atoms with Gasteiger partial charge in [-0.05, 0) is 92.7 Å². The van der Waals surface area contributed by atoms with Crippen LogP contribution in [0.5, 0.6) is 0 Å². The summed E-state index contributed by atoms with van der Waals surface area (Å²) in [6, 6.07) is 16.2. The van der Waals surface area contributed by atoms with E-state index >= 15 is 0 Å². The number of sulfone groups is 4. The number of carboxylic acid groups (broad SMARTS) is 2. The summed E-state index contributed by atoms with van der Waals surface area (Å²) in [5, 5.41) is 17.6. The van der Waals surface area contributed by atoms with E-state index in [0.717, 1.165) is 49.7 Å². The maximum absolute atomic E-state index is 12.5. The molecule has 1 aliphatic heterocycles. The highest BCUT2D eigenvalue weighted by atomic mass is 35.5. The first-order valence-electron chi connectivity index (χ1n) is 17.9. The van der Waals surface area contributed by atoms with Gasteiger partial charge in [-0.25, -0.2) is 48.1 Å². The summed E-state index contributed by atoms with van der Waals surface area (Å²) in [5.74, 6) is -3.11. The van der Waals surface area contributed by atoms with Gasteiger partial charge in [0.05, 0.1) is 53.4 Å². The summed E-state index contributed by atoms with van der Waals surface area (Å²) in [5.41, 5.74) is 1.69. The molecule has 1 amide bonds. The van der Waals surface area contributed by atoms with E-state index in [1.54, 1.807) is 24.0 Å². The normalized spacial score (nSPS) is 13.1. The maximum Gasteiger partial charge on any atom is 0.339 e. The lowest BCUT2D eigenvalue weighted by Gasteiger charge is -2.32. The van der Waals surface area contributed by atoms with Crippen LogP contribution in [-0.2, 0) is 44.1 Å². The molecule has 0 radical (unpaired) electrons. The molecule has 23 heteroatoms. The van der Waals surface area contributed by atoms with Crippen molar-refractivity contribution in [3.8, 4) is 0 Å². The number of hydrogen-bond donors (Lipinski definition) is 2. The highest BCUT2D eigenvalue weighted by Crippen LogP contribution is 2.23. The van der Waals surface area contributed by atoms with Crippen LogP contribution in [0.25, 0.3) is 0 Å². The van der Waals surface area contributed by atoms with E-state index in [0.29, 0.717) is 24.2 Å². The number of carbonyl (C=O) groups is 4. The molecule has 63 heavy (non-hydrogen) atoms. The van der Waals surface area contributed by atoms with Crippen LogP contribution in [0.1, 0.15) is 52.6 Å². The number of aryl methyl sites for hydroxylation is 2. The van der Waals surface area contributed by atoms with Crippen LogP contribution >= 0.6 is 23.2 Å². The molecule has 0 unspecified atom stereocenters. The average Bonchev–Trinajstić information content (AvgIpc) is 3.17. The number of halogens is 2. The molecule has 0 atom stereocenters. The van der Waals surface area contributed by atoms with Crippen molar-refractivity contribution in [3.05, 3.63) is 116 Å². The largest absolute Gasteiger partial charge is 0.478 e. The fourth-order valence-electron chi connectivity index (χ4n) is 5.20. The molecule has 0 aromatic heterocycles. The zero-order chi connectivity index (χ0) is 48.4. The Morgan fingerprint density at radius 3 is 1.21 bits per heavy atom. The van der Waals surface area contributed by atoms with E-state index < -0.39 is 57.3 Å². The molecule has 2 N–H and O–H groups in total. The van der Waals surface area contributed by atoms with Crippen LogP contribution in [0.2, 0.25) is 10.0 Å². The predicted octanol–water partition coefficient (Wildman–Crippen LogP) is 4.85. The molecule has 0 saturated carbocycles. The SMILES string of the molecule is COC(=O)c1cc(S(C)(=O)=O)ccc1Cl.CS(=O)(=O)c1ccc(Cl)c(C(=O)O)c1.Cc1ccc(S(C)(=O)=O)cc1C(=O)N1CCN(C)CC1.Cc1ccc(S(C)(=O)=O)cc1C(=O)O. The molecule has 1 fully saturated rings. The minimum Gasteiger partial charge on any atom is -0.478 e. The molecule has 1 saturated heterocycles. The van der Waals surface area contributed by atoms with Crippen molar-refractivity contribution in [3.63, 3.8) is 0 Å². The molecule has 0 bridgehead atoms. The van der Waals surface area contributed by atoms with Gasteiger partial charge in [-0.1, -0.05) is 35.3 Å².